The topological polar surface area (TPSA) is 101 Å². The molecule has 0 unspecified atom stereocenters. The Hall–Kier alpha value is -3.27. The van der Waals surface area contributed by atoms with E-state index in [1.807, 2.05) is 31.2 Å². The molecule has 10 heteroatoms. The summed E-state index contributed by atoms with van der Waals surface area (Å²) < 4.78 is 26.0. The molecular formula is C23H26N6O3S. The maximum absolute atomic E-state index is 13.3. The number of benzene rings is 1. The summed E-state index contributed by atoms with van der Waals surface area (Å²) in [6, 6.07) is 11.3. The molecule has 4 heterocycles. The van der Waals surface area contributed by atoms with E-state index in [0.29, 0.717) is 44.2 Å². The van der Waals surface area contributed by atoms with Crippen molar-refractivity contribution in [2.45, 2.75) is 19.4 Å². The van der Waals surface area contributed by atoms with Crippen molar-refractivity contribution >= 4 is 21.7 Å². The van der Waals surface area contributed by atoms with E-state index >= 15 is 0 Å². The number of aromatic nitrogens is 4. The molecule has 2 aromatic heterocycles. The molecule has 2 fully saturated rings. The Balaban J connectivity index is 1.39. The molecule has 0 spiro atoms. The fourth-order valence-corrected chi connectivity index (χ4v) is 6.10. The first-order valence-electron chi connectivity index (χ1n) is 11.1. The molecule has 9 nitrogen and oxygen atoms in total. The van der Waals surface area contributed by atoms with E-state index < -0.39 is 9.84 Å². The number of nitrogens with zero attached hydrogens (tertiary/aromatic N) is 6. The average molecular weight is 467 g/mol. The van der Waals surface area contributed by atoms with Crippen molar-refractivity contribution in [3.05, 3.63) is 60.0 Å². The summed E-state index contributed by atoms with van der Waals surface area (Å²) >= 11 is 0. The molecule has 2 aliphatic heterocycles. The Morgan fingerprint density at radius 1 is 1.03 bits per heavy atom. The molecule has 0 aliphatic carbocycles. The quantitative estimate of drug-likeness (QED) is 0.579. The van der Waals surface area contributed by atoms with Gasteiger partial charge in [-0.2, -0.15) is 5.10 Å². The van der Waals surface area contributed by atoms with Crippen LogP contribution in [-0.4, -0.2) is 76.7 Å². The van der Waals surface area contributed by atoms with Crippen LogP contribution in [0.25, 0.3) is 11.3 Å². The van der Waals surface area contributed by atoms with E-state index in [-0.39, 0.29) is 23.5 Å². The van der Waals surface area contributed by atoms with Crippen LogP contribution in [0.4, 0.5) is 5.95 Å². The van der Waals surface area contributed by atoms with E-state index in [0.717, 1.165) is 16.8 Å². The van der Waals surface area contributed by atoms with Gasteiger partial charge in [0.1, 0.15) is 0 Å². The second-order valence-corrected chi connectivity index (χ2v) is 10.8. The van der Waals surface area contributed by atoms with Gasteiger partial charge < -0.3 is 9.80 Å². The van der Waals surface area contributed by atoms with E-state index in [4.69, 9.17) is 0 Å². The molecule has 2 aliphatic rings. The van der Waals surface area contributed by atoms with Gasteiger partial charge in [0.15, 0.2) is 15.5 Å². The Labute approximate surface area is 193 Å². The van der Waals surface area contributed by atoms with E-state index in [1.54, 1.807) is 34.1 Å². The second kappa shape index (κ2) is 8.58. The van der Waals surface area contributed by atoms with Crippen LogP contribution in [0.3, 0.4) is 0 Å². The summed E-state index contributed by atoms with van der Waals surface area (Å²) in [5.41, 5.74) is 3.17. The lowest BCUT2D eigenvalue weighted by Crippen LogP contribution is -2.49. The minimum absolute atomic E-state index is 0.0525. The third-order valence-corrected chi connectivity index (χ3v) is 8.01. The smallest absolute Gasteiger partial charge is 0.274 e. The highest BCUT2D eigenvalue weighted by molar-refractivity contribution is 7.91. The number of carbonyl (C=O) groups is 1. The molecule has 0 radical (unpaired) electrons. The standard InChI is InChI=1S/C23H26N6O3S/c1-17-3-5-18(6-4-17)21-15-20(26-29(21)19-7-14-33(31,32)16-19)22(30)27-10-12-28(13-11-27)23-24-8-2-9-25-23/h2-6,8-9,15,19H,7,10-14,16H2,1H3/t19-/m1/s1. The molecule has 0 N–H and O–H groups in total. The van der Waals surface area contributed by atoms with Gasteiger partial charge in [0.25, 0.3) is 5.91 Å². The van der Waals surface area contributed by atoms with Gasteiger partial charge in [0, 0.05) is 38.6 Å². The van der Waals surface area contributed by atoms with Crippen LogP contribution >= 0.6 is 0 Å². The van der Waals surface area contributed by atoms with Crippen LogP contribution in [0.2, 0.25) is 0 Å². The molecule has 1 atom stereocenters. The SMILES string of the molecule is Cc1ccc(-c2cc(C(=O)N3CCN(c4ncccn4)CC3)nn2[C@@H]2CCS(=O)(=O)C2)cc1. The number of anilines is 1. The number of aryl methyl sites for hydroxylation is 1. The predicted molar refractivity (Wildman–Crippen MR) is 125 cm³/mol. The second-order valence-electron chi connectivity index (χ2n) is 8.61. The highest BCUT2D eigenvalue weighted by Gasteiger charge is 2.33. The molecule has 3 aromatic rings. The molecule has 2 saturated heterocycles. The van der Waals surface area contributed by atoms with Crippen molar-refractivity contribution in [3.63, 3.8) is 0 Å². The number of hydrogen-bond donors (Lipinski definition) is 0. The zero-order valence-corrected chi connectivity index (χ0v) is 19.3. The van der Waals surface area contributed by atoms with Crippen molar-refractivity contribution < 1.29 is 13.2 Å². The summed E-state index contributed by atoms with van der Waals surface area (Å²) in [4.78, 5) is 25.7. The first-order valence-corrected chi connectivity index (χ1v) is 12.9. The summed E-state index contributed by atoms with van der Waals surface area (Å²) in [5, 5.41) is 4.63. The minimum Gasteiger partial charge on any atom is -0.337 e. The third kappa shape index (κ3) is 4.47. The third-order valence-electron chi connectivity index (χ3n) is 6.26. The minimum atomic E-state index is -3.09. The van der Waals surface area contributed by atoms with Gasteiger partial charge in [-0.05, 0) is 31.0 Å². The number of amides is 1. The molecular weight excluding hydrogens is 440 g/mol. The van der Waals surface area contributed by atoms with Gasteiger partial charge >= 0.3 is 0 Å². The molecule has 33 heavy (non-hydrogen) atoms. The van der Waals surface area contributed by atoms with Crippen molar-refractivity contribution in [3.8, 4) is 11.3 Å². The highest BCUT2D eigenvalue weighted by atomic mass is 32.2. The van der Waals surface area contributed by atoms with Gasteiger partial charge in [-0.25, -0.2) is 18.4 Å². The molecule has 0 bridgehead atoms. The van der Waals surface area contributed by atoms with Crippen molar-refractivity contribution in [1.82, 2.24) is 24.6 Å². The lowest BCUT2D eigenvalue weighted by molar-refractivity contribution is 0.0739. The Morgan fingerprint density at radius 2 is 1.73 bits per heavy atom. The van der Waals surface area contributed by atoms with Gasteiger partial charge in [0.2, 0.25) is 5.95 Å². The average Bonchev–Trinajstić information content (AvgIpc) is 3.43. The summed E-state index contributed by atoms with van der Waals surface area (Å²) in [6.07, 6.45) is 3.93. The lowest BCUT2D eigenvalue weighted by Gasteiger charge is -2.34. The summed E-state index contributed by atoms with van der Waals surface area (Å²) in [7, 11) is -3.09. The maximum Gasteiger partial charge on any atom is 0.274 e. The largest absolute Gasteiger partial charge is 0.337 e. The molecule has 172 valence electrons. The van der Waals surface area contributed by atoms with Crippen LogP contribution in [0, 0.1) is 6.92 Å². The first-order chi connectivity index (χ1) is 15.9. The summed E-state index contributed by atoms with van der Waals surface area (Å²) in [5.74, 6) is 0.726. The van der Waals surface area contributed by atoms with Gasteiger partial charge in [0.05, 0.1) is 23.2 Å². The molecule has 1 aromatic carbocycles. The Kier molecular flexibility index (Phi) is 5.61. The van der Waals surface area contributed by atoms with E-state index in [2.05, 4.69) is 20.0 Å². The van der Waals surface area contributed by atoms with Crippen LogP contribution in [0.5, 0.6) is 0 Å². The lowest BCUT2D eigenvalue weighted by atomic mass is 10.1. The number of piperazine rings is 1. The Bertz CT molecular complexity index is 1250. The van der Waals surface area contributed by atoms with Gasteiger partial charge in [-0.15, -0.1) is 0 Å². The van der Waals surface area contributed by atoms with Crippen LogP contribution < -0.4 is 4.90 Å². The van der Waals surface area contributed by atoms with E-state index in [9.17, 15) is 13.2 Å². The molecule has 1 amide bonds. The van der Waals surface area contributed by atoms with Crippen LogP contribution in [0.1, 0.15) is 28.5 Å². The highest BCUT2D eigenvalue weighted by Crippen LogP contribution is 2.30. The predicted octanol–water partition coefficient (Wildman–Crippen LogP) is 1.97. The Morgan fingerprint density at radius 3 is 2.36 bits per heavy atom. The monoisotopic (exact) mass is 466 g/mol. The number of hydrogen-bond acceptors (Lipinski definition) is 7. The van der Waals surface area contributed by atoms with Gasteiger partial charge in [-0.1, -0.05) is 29.8 Å². The molecule has 5 rings (SSSR count). The number of sulfone groups is 1. The fourth-order valence-electron chi connectivity index (χ4n) is 4.41. The zero-order valence-electron chi connectivity index (χ0n) is 18.5. The van der Waals surface area contributed by atoms with Crippen LogP contribution in [0.15, 0.2) is 48.8 Å². The zero-order chi connectivity index (χ0) is 23.0. The fraction of sp³-hybridized carbons (Fsp3) is 0.391. The van der Waals surface area contributed by atoms with Gasteiger partial charge in [-0.3, -0.25) is 9.48 Å². The first kappa shape index (κ1) is 21.6. The number of carbonyl (C=O) groups excluding carboxylic acids is 1. The summed E-state index contributed by atoms with van der Waals surface area (Å²) in [6.45, 7) is 4.38. The number of rotatable bonds is 4. The van der Waals surface area contributed by atoms with Crippen molar-refractivity contribution in [2.24, 2.45) is 0 Å². The van der Waals surface area contributed by atoms with Crippen molar-refractivity contribution in [2.75, 3.05) is 42.6 Å². The molecule has 0 saturated carbocycles. The normalized spacial score (nSPS) is 20.2. The van der Waals surface area contributed by atoms with E-state index in [1.165, 1.54) is 0 Å². The van der Waals surface area contributed by atoms with Crippen molar-refractivity contribution in [1.29, 1.82) is 0 Å². The maximum atomic E-state index is 13.3. The van der Waals surface area contributed by atoms with Crippen LogP contribution in [-0.2, 0) is 9.84 Å².